The van der Waals surface area contributed by atoms with Gasteiger partial charge in [-0.1, -0.05) is 13.3 Å². The molecule has 0 spiro atoms. The van der Waals surface area contributed by atoms with Gasteiger partial charge in [0.1, 0.15) is 0 Å². The molecule has 1 aromatic carbocycles. The minimum atomic E-state index is -1.08. The predicted octanol–water partition coefficient (Wildman–Crippen LogP) is 2.93. The number of halogens is 1. The molecule has 3 N–H and O–H groups in total. The van der Waals surface area contributed by atoms with E-state index < -0.39 is 12.0 Å². The Morgan fingerprint density at radius 3 is 2.76 bits per heavy atom. The molecule has 0 aliphatic carbocycles. The highest BCUT2D eigenvalue weighted by molar-refractivity contribution is 14.1. The lowest BCUT2D eigenvalue weighted by molar-refractivity contribution is 0.0698. The van der Waals surface area contributed by atoms with E-state index in [9.17, 15) is 9.59 Å². The standard InChI is InChI=1S/C14H19IN2O4/c1-2-3-7-21-8-6-16-14(20)17-12-5-4-10(15)9-11(12)13(18)19/h4-5,9H,2-3,6-8H2,1H3,(H,18,19)(H2,16,17,20). The van der Waals surface area contributed by atoms with E-state index in [-0.39, 0.29) is 11.3 Å². The van der Waals surface area contributed by atoms with Crippen molar-refractivity contribution < 1.29 is 19.4 Å². The molecule has 0 bridgehead atoms. The van der Waals surface area contributed by atoms with Gasteiger partial charge in [-0.15, -0.1) is 0 Å². The van der Waals surface area contributed by atoms with Gasteiger partial charge in [0.2, 0.25) is 0 Å². The summed E-state index contributed by atoms with van der Waals surface area (Å²) in [7, 11) is 0. The van der Waals surface area contributed by atoms with Gasteiger partial charge in [0, 0.05) is 16.7 Å². The minimum Gasteiger partial charge on any atom is -0.478 e. The van der Waals surface area contributed by atoms with Crippen LogP contribution in [0.2, 0.25) is 0 Å². The fraction of sp³-hybridized carbons (Fsp3) is 0.429. The van der Waals surface area contributed by atoms with Gasteiger partial charge in [0.05, 0.1) is 17.9 Å². The number of amides is 2. The molecule has 0 aliphatic heterocycles. The molecule has 0 aromatic heterocycles. The average Bonchev–Trinajstić information content (AvgIpc) is 2.44. The Morgan fingerprint density at radius 2 is 2.10 bits per heavy atom. The molecule has 116 valence electrons. The Balaban J connectivity index is 2.43. The van der Waals surface area contributed by atoms with E-state index >= 15 is 0 Å². The third-order valence-corrected chi connectivity index (χ3v) is 3.31. The smallest absolute Gasteiger partial charge is 0.337 e. The highest BCUT2D eigenvalue weighted by Gasteiger charge is 2.12. The number of carbonyl (C=O) groups excluding carboxylic acids is 1. The van der Waals surface area contributed by atoms with Crippen LogP contribution in [0.25, 0.3) is 0 Å². The third kappa shape index (κ3) is 6.76. The SMILES string of the molecule is CCCCOCCNC(=O)Nc1ccc(I)cc1C(=O)O. The van der Waals surface area contributed by atoms with Gasteiger partial charge in [-0.3, -0.25) is 0 Å². The van der Waals surface area contributed by atoms with Crippen LogP contribution in [0.15, 0.2) is 18.2 Å². The molecule has 7 heteroatoms. The van der Waals surface area contributed by atoms with Crippen molar-refractivity contribution in [2.24, 2.45) is 0 Å². The van der Waals surface area contributed by atoms with Crippen LogP contribution in [0.4, 0.5) is 10.5 Å². The molecule has 6 nitrogen and oxygen atoms in total. The summed E-state index contributed by atoms with van der Waals surface area (Å²) in [5.41, 5.74) is 0.337. The summed E-state index contributed by atoms with van der Waals surface area (Å²) in [4.78, 5) is 22.8. The Bertz CT molecular complexity index is 494. The van der Waals surface area contributed by atoms with Crippen LogP contribution in [0, 0.1) is 3.57 Å². The molecule has 0 aliphatic rings. The Labute approximate surface area is 137 Å². The van der Waals surface area contributed by atoms with Crippen molar-refractivity contribution in [2.45, 2.75) is 19.8 Å². The molecule has 0 fully saturated rings. The first-order chi connectivity index (χ1) is 10.0. The summed E-state index contributed by atoms with van der Waals surface area (Å²) < 4.78 is 6.11. The van der Waals surface area contributed by atoms with Crippen LogP contribution in [0.3, 0.4) is 0 Å². The first-order valence-electron chi connectivity index (χ1n) is 6.70. The van der Waals surface area contributed by atoms with E-state index in [2.05, 4.69) is 17.6 Å². The van der Waals surface area contributed by atoms with E-state index in [1.165, 1.54) is 6.07 Å². The van der Waals surface area contributed by atoms with Crippen LogP contribution in [-0.4, -0.2) is 36.9 Å². The summed E-state index contributed by atoms with van der Waals surface area (Å²) in [5.74, 6) is -1.08. The Kier molecular flexibility index (Phi) is 8.06. The maximum absolute atomic E-state index is 11.7. The van der Waals surface area contributed by atoms with E-state index in [0.717, 1.165) is 16.4 Å². The number of carboxylic acid groups (broad SMARTS) is 1. The first-order valence-corrected chi connectivity index (χ1v) is 7.78. The highest BCUT2D eigenvalue weighted by Crippen LogP contribution is 2.18. The zero-order chi connectivity index (χ0) is 15.7. The topological polar surface area (TPSA) is 87.7 Å². The van der Waals surface area contributed by atoms with Crippen LogP contribution in [-0.2, 0) is 4.74 Å². The summed E-state index contributed by atoms with van der Waals surface area (Å²) in [5, 5.41) is 14.3. The Hall–Kier alpha value is -1.35. The molecule has 0 heterocycles. The van der Waals surface area contributed by atoms with E-state index in [0.29, 0.717) is 19.8 Å². The lowest BCUT2D eigenvalue weighted by atomic mass is 10.2. The summed E-state index contributed by atoms with van der Waals surface area (Å²) in [6.45, 7) is 3.57. The first kappa shape index (κ1) is 17.7. The van der Waals surface area contributed by atoms with Gasteiger partial charge in [0.25, 0.3) is 0 Å². The molecular formula is C14H19IN2O4. The number of nitrogens with one attached hydrogen (secondary N) is 2. The van der Waals surface area contributed by atoms with E-state index in [1.807, 2.05) is 22.6 Å². The van der Waals surface area contributed by atoms with Gasteiger partial charge in [-0.05, 0) is 47.2 Å². The number of rotatable bonds is 8. The van der Waals surface area contributed by atoms with E-state index in [1.54, 1.807) is 12.1 Å². The van der Waals surface area contributed by atoms with Crippen molar-refractivity contribution in [3.63, 3.8) is 0 Å². The molecule has 0 atom stereocenters. The van der Waals surface area contributed by atoms with Crippen molar-refractivity contribution in [3.05, 3.63) is 27.3 Å². The number of unbranched alkanes of at least 4 members (excludes halogenated alkanes) is 1. The normalized spacial score (nSPS) is 10.2. The average molecular weight is 406 g/mol. The minimum absolute atomic E-state index is 0.0660. The van der Waals surface area contributed by atoms with Crippen molar-refractivity contribution >= 4 is 40.3 Å². The molecule has 0 saturated carbocycles. The summed E-state index contributed by atoms with van der Waals surface area (Å²) >= 11 is 2.02. The maximum atomic E-state index is 11.7. The number of aromatic carboxylic acids is 1. The van der Waals surface area contributed by atoms with Crippen LogP contribution in [0.5, 0.6) is 0 Å². The lowest BCUT2D eigenvalue weighted by Gasteiger charge is -2.10. The molecular weight excluding hydrogens is 387 g/mol. The van der Waals surface area contributed by atoms with Gasteiger partial charge in [-0.2, -0.15) is 0 Å². The van der Waals surface area contributed by atoms with Crippen molar-refractivity contribution in [3.8, 4) is 0 Å². The van der Waals surface area contributed by atoms with Gasteiger partial charge in [0.15, 0.2) is 0 Å². The number of ether oxygens (including phenoxy) is 1. The van der Waals surface area contributed by atoms with Crippen molar-refractivity contribution in [1.82, 2.24) is 5.32 Å². The zero-order valence-corrected chi connectivity index (χ0v) is 14.0. The fourth-order valence-electron chi connectivity index (χ4n) is 1.55. The molecule has 0 saturated heterocycles. The van der Waals surface area contributed by atoms with Crippen molar-refractivity contribution in [1.29, 1.82) is 0 Å². The molecule has 0 unspecified atom stereocenters. The fourth-order valence-corrected chi connectivity index (χ4v) is 2.05. The number of carbonyl (C=O) groups is 2. The third-order valence-electron chi connectivity index (χ3n) is 2.63. The second-order valence-electron chi connectivity index (χ2n) is 4.34. The largest absolute Gasteiger partial charge is 0.478 e. The van der Waals surface area contributed by atoms with Crippen molar-refractivity contribution in [2.75, 3.05) is 25.1 Å². The highest BCUT2D eigenvalue weighted by atomic mass is 127. The number of urea groups is 1. The second-order valence-corrected chi connectivity index (χ2v) is 5.59. The van der Waals surface area contributed by atoms with Gasteiger partial charge < -0.3 is 20.5 Å². The molecule has 1 aromatic rings. The second kappa shape index (κ2) is 9.56. The zero-order valence-electron chi connectivity index (χ0n) is 11.8. The predicted molar refractivity (Wildman–Crippen MR) is 88.9 cm³/mol. The number of benzene rings is 1. The summed E-state index contributed by atoms with van der Waals surface area (Å²) in [6, 6.07) is 4.36. The van der Waals surface area contributed by atoms with Crippen LogP contribution in [0.1, 0.15) is 30.1 Å². The van der Waals surface area contributed by atoms with Crippen LogP contribution < -0.4 is 10.6 Å². The number of carboxylic acids is 1. The number of hydrogen-bond acceptors (Lipinski definition) is 3. The van der Waals surface area contributed by atoms with Gasteiger partial charge >= 0.3 is 12.0 Å². The summed E-state index contributed by atoms with van der Waals surface area (Å²) in [6.07, 6.45) is 2.06. The van der Waals surface area contributed by atoms with Gasteiger partial charge in [-0.25, -0.2) is 9.59 Å². The lowest BCUT2D eigenvalue weighted by Crippen LogP contribution is -2.32. The number of anilines is 1. The van der Waals surface area contributed by atoms with E-state index in [4.69, 9.17) is 9.84 Å². The monoisotopic (exact) mass is 406 g/mol. The quantitative estimate of drug-likeness (QED) is 0.458. The Morgan fingerprint density at radius 1 is 1.33 bits per heavy atom. The molecule has 21 heavy (non-hydrogen) atoms. The molecule has 1 rings (SSSR count). The van der Waals surface area contributed by atoms with Crippen LogP contribution >= 0.6 is 22.6 Å². The molecule has 0 radical (unpaired) electrons. The number of hydrogen-bond donors (Lipinski definition) is 3. The molecule has 2 amide bonds. The maximum Gasteiger partial charge on any atom is 0.337 e.